The van der Waals surface area contributed by atoms with Crippen LogP contribution >= 0.6 is 0 Å². The van der Waals surface area contributed by atoms with E-state index in [1.165, 1.54) is 0 Å². The predicted molar refractivity (Wildman–Crippen MR) is 74.8 cm³/mol. The summed E-state index contributed by atoms with van der Waals surface area (Å²) in [5, 5.41) is 7.13. The fourth-order valence-electron chi connectivity index (χ4n) is 2.89. The summed E-state index contributed by atoms with van der Waals surface area (Å²) in [4.78, 5) is 18.4. The summed E-state index contributed by atoms with van der Waals surface area (Å²) in [6.45, 7) is 4.91. The van der Waals surface area contributed by atoms with Crippen molar-refractivity contribution in [3.63, 3.8) is 0 Å². The van der Waals surface area contributed by atoms with E-state index >= 15 is 0 Å². The van der Waals surface area contributed by atoms with E-state index in [-0.39, 0.29) is 23.9 Å². The van der Waals surface area contributed by atoms with Gasteiger partial charge < -0.3 is 19.5 Å². The maximum atomic E-state index is 12.5. The van der Waals surface area contributed by atoms with E-state index in [4.69, 9.17) is 9.26 Å². The van der Waals surface area contributed by atoms with Gasteiger partial charge in [-0.25, -0.2) is 0 Å². The molecule has 0 aromatic carbocycles. The standard InChI is InChI=1S/C14H22N4O3/c1-2-18(9-10-5-4-8-20-10)14(19)12-16-13(21-17-12)11-6-3-7-15-11/h10-11,15H,2-9H2,1H3. The summed E-state index contributed by atoms with van der Waals surface area (Å²) < 4.78 is 10.8. The largest absolute Gasteiger partial charge is 0.376 e. The van der Waals surface area contributed by atoms with Crippen LogP contribution in [-0.2, 0) is 4.74 Å². The van der Waals surface area contributed by atoms with E-state index in [2.05, 4.69) is 15.5 Å². The Hall–Kier alpha value is -1.47. The molecular formula is C14H22N4O3. The van der Waals surface area contributed by atoms with Crippen LogP contribution in [-0.4, -0.2) is 53.3 Å². The fraction of sp³-hybridized carbons (Fsp3) is 0.786. The van der Waals surface area contributed by atoms with Gasteiger partial charge in [-0.15, -0.1) is 0 Å². The molecule has 116 valence electrons. The molecule has 2 aliphatic heterocycles. The van der Waals surface area contributed by atoms with E-state index < -0.39 is 0 Å². The molecule has 7 nitrogen and oxygen atoms in total. The molecule has 21 heavy (non-hydrogen) atoms. The molecular weight excluding hydrogens is 272 g/mol. The van der Waals surface area contributed by atoms with Crippen LogP contribution in [0.4, 0.5) is 0 Å². The highest BCUT2D eigenvalue weighted by Crippen LogP contribution is 2.21. The Morgan fingerprint density at radius 2 is 2.33 bits per heavy atom. The molecule has 1 aromatic rings. The van der Waals surface area contributed by atoms with E-state index in [1.54, 1.807) is 4.90 Å². The lowest BCUT2D eigenvalue weighted by Gasteiger charge is -2.22. The van der Waals surface area contributed by atoms with Gasteiger partial charge in [0.2, 0.25) is 5.89 Å². The number of carbonyl (C=O) groups is 1. The average molecular weight is 294 g/mol. The van der Waals surface area contributed by atoms with Crippen LogP contribution in [0.2, 0.25) is 0 Å². The van der Waals surface area contributed by atoms with E-state index in [0.717, 1.165) is 38.8 Å². The highest BCUT2D eigenvalue weighted by molar-refractivity contribution is 5.90. The van der Waals surface area contributed by atoms with Crippen LogP contribution in [0, 0.1) is 0 Å². The first-order valence-electron chi connectivity index (χ1n) is 7.75. The number of likely N-dealkylation sites (N-methyl/N-ethyl adjacent to an activating group) is 1. The molecule has 1 amide bonds. The number of hydrogen-bond donors (Lipinski definition) is 1. The summed E-state index contributed by atoms with van der Waals surface area (Å²) in [6.07, 6.45) is 4.28. The zero-order valence-corrected chi connectivity index (χ0v) is 12.4. The van der Waals surface area contributed by atoms with Gasteiger partial charge in [0, 0.05) is 19.7 Å². The van der Waals surface area contributed by atoms with Crippen molar-refractivity contribution >= 4 is 5.91 Å². The van der Waals surface area contributed by atoms with Crippen LogP contribution < -0.4 is 5.32 Å². The second-order valence-electron chi connectivity index (χ2n) is 5.58. The fourth-order valence-corrected chi connectivity index (χ4v) is 2.89. The Balaban J connectivity index is 1.64. The van der Waals surface area contributed by atoms with Gasteiger partial charge in [0.05, 0.1) is 12.1 Å². The average Bonchev–Trinajstić information content (AvgIpc) is 3.25. The van der Waals surface area contributed by atoms with Crippen LogP contribution in [0.3, 0.4) is 0 Å². The van der Waals surface area contributed by atoms with Crippen LogP contribution in [0.1, 0.15) is 55.2 Å². The normalized spacial score (nSPS) is 25.4. The molecule has 0 aliphatic carbocycles. The molecule has 2 aliphatic rings. The first kappa shape index (κ1) is 14.5. The summed E-state index contributed by atoms with van der Waals surface area (Å²) in [5.74, 6) is 0.489. The minimum absolute atomic E-state index is 0.0901. The molecule has 3 heterocycles. The van der Waals surface area contributed by atoms with Crippen molar-refractivity contribution in [2.45, 2.75) is 44.8 Å². The third-order valence-electron chi connectivity index (χ3n) is 4.11. The van der Waals surface area contributed by atoms with Gasteiger partial charge in [-0.3, -0.25) is 4.79 Å². The highest BCUT2D eigenvalue weighted by Gasteiger charge is 2.28. The lowest BCUT2D eigenvalue weighted by molar-refractivity contribution is 0.0527. The topological polar surface area (TPSA) is 80.5 Å². The molecule has 2 unspecified atom stereocenters. The zero-order valence-electron chi connectivity index (χ0n) is 12.4. The molecule has 0 spiro atoms. The molecule has 2 saturated heterocycles. The third kappa shape index (κ3) is 3.24. The number of nitrogens with one attached hydrogen (secondary N) is 1. The molecule has 7 heteroatoms. The molecule has 0 saturated carbocycles. The lowest BCUT2D eigenvalue weighted by Crippen LogP contribution is -2.37. The van der Waals surface area contributed by atoms with Gasteiger partial charge in [0.25, 0.3) is 11.7 Å². The van der Waals surface area contributed by atoms with Gasteiger partial charge in [0.15, 0.2) is 0 Å². The Morgan fingerprint density at radius 3 is 3.00 bits per heavy atom. The number of rotatable bonds is 5. The number of amides is 1. The molecule has 0 bridgehead atoms. The van der Waals surface area contributed by atoms with Crippen LogP contribution in [0.5, 0.6) is 0 Å². The summed E-state index contributed by atoms with van der Waals surface area (Å²) in [7, 11) is 0. The Labute approximate surface area is 124 Å². The molecule has 3 rings (SSSR count). The first-order valence-corrected chi connectivity index (χ1v) is 7.75. The molecule has 1 aromatic heterocycles. The first-order chi connectivity index (χ1) is 10.3. The zero-order chi connectivity index (χ0) is 14.7. The van der Waals surface area contributed by atoms with Crippen molar-refractivity contribution in [3.05, 3.63) is 11.7 Å². The maximum absolute atomic E-state index is 12.5. The van der Waals surface area contributed by atoms with Crippen LogP contribution in [0.15, 0.2) is 4.52 Å². The van der Waals surface area contributed by atoms with Crippen molar-refractivity contribution in [3.8, 4) is 0 Å². The van der Waals surface area contributed by atoms with Gasteiger partial charge >= 0.3 is 0 Å². The van der Waals surface area contributed by atoms with E-state index in [9.17, 15) is 4.79 Å². The smallest absolute Gasteiger partial charge is 0.295 e. The molecule has 0 radical (unpaired) electrons. The number of carbonyl (C=O) groups excluding carboxylic acids is 1. The SMILES string of the molecule is CCN(CC1CCCO1)C(=O)c1noc(C2CCCN2)n1. The Morgan fingerprint density at radius 1 is 1.43 bits per heavy atom. The lowest BCUT2D eigenvalue weighted by atomic mass is 10.2. The van der Waals surface area contributed by atoms with Crippen molar-refractivity contribution in [1.82, 2.24) is 20.4 Å². The maximum Gasteiger partial charge on any atom is 0.295 e. The van der Waals surface area contributed by atoms with E-state index in [0.29, 0.717) is 19.0 Å². The Bertz CT molecular complexity index is 478. The van der Waals surface area contributed by atoms with Gasteiger partial charge in [-0.2, -0.15) is 4.98 Å². The molecule has 2 fully saturated rings. The monoisotopic (exact) mass is 294 g/mol. The van der Waals surface area contributed by atoms with Gasteiger partial charge in [0.1, 0.15) is 0 Å². The van der Waals surface area contributed by atoms with Crippen molar-refractivity contribution < 1.29 is 14.1 Å². The summed E-state index contributed by atoms with van der Waals surface area (Å²) in [5.41, 5.74) is 0. The highest BCUT2D eigenvalue weighted by atomic mass is 16.5. The number of hydrogen-bond acceptors (Lipinski definition) is 6. The number of aromatic nitrogens is 2. The summed E-state index contributed by atoms with van der Waals surface area (Å²) >= 11 is 0. The quantitative estimate of drug-likeness (QED) is 0.877. The third-order valence-corrected chi connectivity index (χ3v) is 4.11. The van der Waals surface area contributed by atoms with E-state index in [1.807, 2.05) is 6.92 Å². The minimum Gasteiger partial charge on any atom is -0.376 e. The van der Waals surface area contributed by atoms with Crippen molar-refractivity contribution in [1.29, 1.82) is 0 Å². The van der Waals surface area contributed by atoms with Crippen molar-refractivity contribution in [2.24, 2.45) is 0 Å². The van der Waals surface area contributed by atoms with Crippen LogP contribution in [0.25, 0.3) is 0 Å². The summed E-state index contributed by atoms with van der Waals surface area (Å²) in [6, 6.07) is 0.0901. The second kappa shape index (κ2) is 6.53. The molecule has 2 atom stereocenters. The van der Waals surface area contributed by atoms with Gasteiger partial charge in [-0.05, 0) is 39.2 Å². The minimum atomic E-state index is -0.180. The second-order valence-corrected chi connectivity index (χ2v) is 5.58. The Kier molecular flexibility index (Phi) is 4.50. The predicted octanol–water partition coefficient (Wildman–Crippen LogP) is 1.14. The van der Waals surface area contributed by atoms with Crippen molar-refractivity contribution in [2.75, 3.05) is 26.2 Å². The van der Waals surface area contributed by atoms with Gasteiger partial charge in [-0.1, -0.05) is 5.16 Å². The number of nitrogens with zero attached hydrogens (tertiary/aromatic N) is 3. The molecule has 1 N–H and O–H groups in total. The number of ether oxygens (including phenoxy) is 1.